The number of nitrogens with zero attached hydrogens (tertiary/aromatic N) is 1. The molecule has 2 amide bonds. The van der Waals surface area contributed by atoms with Crippen molar-refractivity contribution in [2.24, 2.45) is 0 Å². The maximum absolute atomic E-state index is 12.4. The fourth-order valence-electron chi connectivity index (χ4n) is 2.51. The van der Waals surface area contributed by atoms with Crippen LogP contribution in [-0.4, -0.2) is 28.4 Å². The van der Waals surface area contributed by atoms with Crippen LogP contribution in [0.15, 0.2) is 24.3 Å². The monoisotopic (exact) mass is 373 g/mol. The van der Waals surface area contributed by atoms with Crippen molar-refractivity contribution in [3.63, 3.8) is 0 Å². The molecule has 0 aliphatic carbocycles. The number of amides is 2. The lowest BCUT2D eigenvalue weighted by molar-refractivity contribution is -0.129. The van der Waals surface area contributed by atoms with Crippen LogP contribution >= 0.6 is 11.3 Å². The molecule has 2 rings (SSSR count). The Hall–Kier alpha value is -2.21. The van der Waals surface area contributed by atoms with Gasteiger partial charge in [0.2, 0.25) is 11.8 Å². The summed E-state index contributed by atoms with van der Waals surface area (Å²) in [6.45, 7) is 11.4. The van der Waals surface area contributed by atoms with Gasteiger partial charge in [0.25, 0.3) is 0 Å². The highest BCUT2D eigenvalue weighted by Crippen LogP contribution is 2.28. The molecule has 140 valence electrons. The molecule has 1 atom stereocenters. The molecule has 1 heterocycles. The summed E-state index contributed by atoms with van der Waals surface area (Å²) < 4.78 is 0. The molecule has 0 saturated carbocycles. The van der Waals surface area contributed by atoms with E-state index in [2.05, 4.69) is 15.6 Å². The van der Waals surface area contributed by atoms with Crippen LogP contribution in [0.5, 0.6) is 0 Å². The van der Waals surface area contributed by atoms with Crippen LogP contribution in [0.2, 0.25) is 0 Å². The van der Waals surface area contributed by atoms with Gasteiger partial charge in [0.15, 0.2) is 0 Å². The molecule has 0 fully saturated rings. The average Bonchev–Trinajstić information content (AvgIpc) is 2.86. The summed E-state index contributed by atoms with van der Waals surface area (Å²) >= 11 is 1.51. The number of rotatable bonds is 5. The van der Waals surface area contributed by atoms with Crippen molar-refractivity contribution >= 4 is 23.2 Å². The second-order valence-electron chi connectivity index (χ2n) is 7.58. The minimum atomic E-state index is -0.585. The maximum atomic E-state index is 12.4. The van der Waals surface area contributed by atoms with Crippen molar-refractivity contribution in [2.45, 2.75) is 59.5 Å². The molecule has 0 bridgehead atoms. The molecule has 5 nitrogen and oxygen atoms in total. The first kappa shape index (κ1) is 20.1. The second kappa shape index (κ2) is 7.99. The first-order chi connectivity index (χ1) is 12.0. The predicted molar refractivity (Wildman–Crippen MR) is 106 cm³/mol. The van der Waals surface area contributed by atoms with Crippen molar-refractivity contribution in [3.05, 3.63) is 39.7 Å². The molecule has 1 aromatic carbocycles. The number of aromatic nitrogens is 1. The predicted octanol–water partition coefficient (Wildman–Crippen LogP) is 3.39. The van der Waals surface area contributed by atoms with E-state index < -0.39 is 6.04 Å². The number of carbonyl (C=O) groups is 2. The quantitative estimate of drug-likeness (QED) is 0.844. The zero-order valence-corrected chi connectivity index (χ0v) is 17.1. The van der Waals surface area contributed by atoms with Gasteiger partial charge in [0.1, 0.15) is 6.04 Å². The van der Waals surface area contributed by atoms with E-state index in [1.807, 2.05) is 58.9 Å². The molecule has 0 radical (unpaired) electrons. The summed E-state index contributed by atoms with van der Waals surface area (Å²) in [4.78, 5) is 30.1. The van der Waals surface area contributed by atoms with Gasteiger partial charge in [0, 0.05) is 16.0 Å². The van der Waals surface area contributed by atoms with Crippen LogP contribution in [0.25, 0.3) is 11.3 Å². The van der Waals surface area contributed by atoms with Gasteiger partial charge in [-0.25, -0.2) is 4.98 Å². The lowest BCUT2D eigenvalue weighted by atomic mass is 10.1. The van der Waals surface area contributed by atoms with Gasteiger partial charge >= 0.3 is 0 Å². The van der Waals surface area contributed by atoms with Crippen LogP contribution in [0.4, 0.5) is 0 Å². The summed E-state index contributed by atoms with van der Waals surface area (Å²) in [7, 11) is 0. The number of hydrogen-bond acceptors (Lipinski definition) is 4. The third kappa shape index (κ3) is 5.66. The maximum Gasteiger partial charge on any atom is 0.242 e. The Bertz CT molecular complexity index is 788. The molecule has 2 N–H and O–H groups in total. The van der Waals surface area contributed by atoms with Crippen molar-refractivity contribution in [1.82, 2.24) is 15.6 Å². The highest BCUT2D eigenvalue weighted by Gasteiger charge is 2.22. The van der Waals surface area contributed by atoms with Gasteiger partial charge in [-0.15, -0.1) is 11.3 Å². The molecular formula is C20H27N3O2S. The van der Waals surface area contributed by atoms with Crippen molar-refractivity contribution in [2.75, 3.05) is 0 Å². The first-order valence-electron chi connectivity index (χ1n) is 8.70. The second-order valence-corrected chi connectivity index (χ2v) is 8.86. The standard InChI is InChI=1S/C20H27N3O2S/c1-12-7-9-15(10-8-12)18-16(26-14(3)22-18)11-17(24)21-13(2)19(25)23-20(4,5)6/h7-10,13H,11H2,1-6H3,(H,21,24)(H,23,25). The molecular weight excluding hydrogens is 346 g/mol. The average molecular weight is 374 g/mol. The van der Waals surface area contributed by atoms with E-state index in [1.54, 1.807) is 6.92 Å². The Kier molecular flexibility index (Phi) is 6.18. The number of benzene rings is 1. The third-order valence-electron chi connectivity index (χ3n) is 3.72. The smallest absolute Gasteiger partial charge is 0.242 e. The number of aryl methyl sites for hydroxylation is 2. The molecule has 1 aromatic heterocycles. The first-order valence-corrected chi connectivity index (χ1v) is 9.51. The highest BCUT2D eigenvalue weighted by molar-refractivity contribution is 7.12. The van der Waals surface area contributed by atoms with Crippen LogP contribution in [0.1, 0.15) is 43.1 Å². The van der Waals surface area contributed by atoms with E-state index in [-0.39, 0.29) is 23.8 Å². The summed E-state index contributed by atoms with van der Waals surface area (Å²) in [5.41, 5.74) is 2.69. The van der Waals surface area contributed by atoms with Crippen molar-refractivity contribution in [1.29, 1.82) is 0 Å². The third-order valence-corrected chi connectivity index (χ3v) is 4.69. The number of thiazole rings is 1. The lowest BCUT2D eigenvalue weighted by Crippen LogP contribution is -2.51. The largest absolute Gasteiger partial charge is 0.350 e. The van der Waals surface area contributed by atoms with Gasteiger partial charge in [0.05, 0.1) is 17.1 Å². The van der Waals surface area contributed by atoms with Gasteiger partial charge in [-0.1, -0.05) is 29.8 Å². The Morgan fingerprint density at radius 1 is 1.15 bits per heavy atom. The molecule has 6 heteroatoms. The van der Waals surface area contributed by atoms with Crippen molar-refractivity contribution < 1.29 is 9.59 Å². The molecule has 0 saturated heterocycles. The van der Waals surface area contributed by atoms with Crippen molar-refractivity contribution in [3.8, 4) is 11.3 Å². The molecule has 2 aromatic rings. The fraction of sp³-hybridized carbons (Fsp3) is 0.450. The number of nitrogens with one attached hydrogen (secondary N) is 2. The minimum absolute atomic E-state index is 0.182. The fourth-order valence-corrected chi connectivity index (χ4v) is 3.46. The van der Waals surface area contributed by atoms with Gasteiger partial charge in [-0.2, -0.15) is 0 Å². The molecule has 0 aliphatic heterocycles. The molecule has 0 aliphatic rings. The zero-order valence-electron chi connectivity index (χ0n) is 16.3. The number of carbonyl (C=O) groups excluding carboxylic acids is 2. The van der Waals surface area contributed by atoms with E-state index in [9.17, 15) is 9.59 Å². The summed E-state index contributed by atoms with van der Waals surface area (Å²) in [5, 5.41) is 6.57. The Balaban J connectivity index is 2.08. The van der Waals surface area contributed by atoms with Crippen LogP contribution in [0.3, 0.4) is 0 Å². The lowest BCUT2D eigenvalue weighted by Gasteiger charge is -2.23. The van der Waals surface area contributed by atoms with Crippen LogP contribution in [-0.2, 0) is 16.0 Å². The van der Waals surface area contributed by atoms with Gasteiger partial charge in [-0.05, 0) is 41.5 Å². The summed E-state index contributed by atoms with van der Waals surface area (Å²) in [6, 6.07) is 7.52. The summed E-state index contributed by atoms with van der Waals surface area (Å²) in [6.07, 6.45) is 0.210. The van der Waals surface area contributed by atoms with E-state index in [4.69, 9.17) is 0 Å². The van der Waals surface area contributed by atoms with Crippen LogP contribution < -0.4 is 10.6 Å². The zero-order chi connectivity index (χ0) is 19.5. The Morgan fingerprint density at radius 2 is 1.77 bits per heavy atom. The molecule has 1 unspecified atom stereocenters. The van der Waals surface area contributed by atoms with E-state index in [1.165, 1.54) is 16.9 Å². The van der Waals surface area contributed by atoms with Gasteiger partial charge in [-0.3, -0.25) is 9.59 Å². The van der Waals surface area contributed by atoms with E-state index >= 15 is 0 Å². The molecule has 26 heavy (non-hydrogen) atoms. The topological polar surface area (TPSA) is 71.1 Å². The van der Waals surface area contributed by atoms with E-state index in [0.717, 1.165) is 21.1 Å². The Morgan fingerprint density at radius 3 is 2.35 bits per heavy atom. The SMILES string of the molecule is Cc1ccc(-c2nc(C)sc2CC(=O)NC(C)C(=O)NC(C)(C)C)cc1. The normalized spacial score (nSPS) is 12.5. The highest BCUT2D eigenvalue weighted by atomic mass is 32.1. The van der Waals surface area contributed by atoms with Gasteiger partial charge < -0.3 is 10.6 Å². The minimum Gasteiger partial charge on any atom is -0.350 e. The Labute approximate surface area is 159 Å². The van der Waals surface area contributed by atoms with E-state index in [0.29, 0.717) is 0 Å². The summed E-state index contributed by atoms with van der Waals surface area (Å²) in [5.74, 6) is -0.372. The van der Waals surface area contributed by atoms with Crippen LogP contribution in [0, 0.1) is 13.8 Å². The molecule has 0 spiro atoms. The number of hydrogen-bond donors (Lipinski definition) is 2.